The molecule has 48 valence electrons. The van der Waals surface area contributed by atoms with E-state index in [0.29, 0.717) is 6.04 Å². The molecule has 0 aliphatic carbocycles. The van der Waals surface area contributed by atoms with Crippen LogP contribution in [0.5, 0.6) is 0 Å². The fourth-order valence-corrected chi connectivity index (χ4v) is 0.532. The largest absolute Gasteiger partial charge is 0.292 e. The Morgan fingerprint density at radius 3 is 2.12 bits per heavy atom. The highest BCUT2D eigenvalue weighted by Crippen LogP contribution is 1.94. The molecule has 0 aromatic heterocycles. The van der Waals surface area contributed by atoms with Gasteiger partial charge in [0.1, 0.15) is 0 Å². The lowest BCUT2D eigenvalue weighted by atomic mass is 10.3. The van der Waals surface area contributed by atoms with E-state index >= 15 is 0 Å². The van der Waals surface area contributed by atoms with Crippen LogP contribution in [0.2, 0.25) is 0 Å². The van der Waals surface area contributed by atoms with Crippen molar-refractivity contribution in [3.63, 3.8) is 0 Å². The lowest BCUT2D eigenvalue weighted by Gasteiger charge is -1.99. The molecule has 0 saturated carbocycles. The van der Waals surface area contributed by atoms with Gasteiger partial charge in [-0.25, -0.2) is 0 Å². The van der Waals surface area contributed by atoms with E-state index in [-0.39, 0.29) is 0 Å². The Morgan fingerprint density at radius 1 is 1.50 bits per heavy atom. The summed E-state index contributed by atoms with van der Waals surface area (Å²) in [5.74, 6) is 0. The topological polar surface area (TPSA) is 12.4 Å². The molecule has 0 aliphatic heterocycles. The monoisotopic (exact) mass is 113 g/mol. The zero-order valence-electron chi connectivity index (χ0n) is 6.23. The van der Waals surface area contributed by atoms with Crippen LogP contribution in [-0.2, 0) is 0 Å². The van der Waals surface area contributed by atoms with Gasteiger partial charge in [-0.1, -0.05) is 6.92 Å². The molecule has 1 unspecified atom stereocenters. The smallest absolute Gasteiger partial charge is 0.0467 e. The molecule has 0 saturated heterocycles. The fraction of sp³-hybridized carbons (Fsp3) is 0.857. The second kappa shape index (κ2) is 3.65. The average Bonchev–Trinajstić information content (AvgIpc) is 1.65. The normalized spacial score (nSPS) is 13.0. The van der Waals surface area contributed by atoms with Crippen LogP contribution in [0.1, 0.15) is 34.1 Å². The van der Waals surface area contributed by atoms with Crippen molar-refractivity contribution in [2.24, 2.45) is 4.99 Å². The zero-order valence-corrected chi connectivity index (χ0v) is 6.23. The average molecular weight is 113 g/mol. The summed E-state index contributed by atoms with van der Waals surface area (Å²) < 4.78 is 0. The molecular formula is C7H15N. The van der Waals surface area contributed by atoms with E-state index in [1.807, 2.05) is 13.8 Å². The van der Waals surface area contributed by atoms with Crippen LogP contribution in [0.25, 0.3) is 0 Å². The number of nitrogens with zero attached hydrogens (tertiary/aromatic N) is 1. The van der Waals surface area contributed by atoms with Crippen molar-refractivity contribution in [1.29, 1.82) is 0 Å². The first kappa shape index (κ1) is 7.67. The molecule has 0 aromatic rings. The van der Waals surface area contributed by atoms with Gasteiger partial charge < -0.3 is 0 Å². The molecule has 0 aromatic carbocycles. The molecular weight excluding hydrogens is 98.1 g/mol. The van der Waals surface area contributed by atoms with Gasteiger partial charge in [0.05, 0.1) is 0 Å². The van der Waals surface area contributed by atoms with Gasteiger partial charge in [-0.05, 0) is 27.2 Å². The summed E-state index contributed by atoms with van der Waals surface area (Å²) >= 11 is 0. The first-order valence-electron chi connectivity index (χ1n) is 3.17. The maximum Gasteiger partial charge on any atom is 0.0467 e. The Kier molecular flexibility index (Phi) is 3.49. The Bertz CT molecular complexity index is 80.4. The van der Waals surface area contributed by atoms with Gasteiger partial charge in [0.15, 0.2) is 0 Å². The van der Waals surface area contributed by atoms with E-state index in [2.05, 4.69) is 18.8 Å². The van der Waals surface area contributed by atoms with Crippen molar-refractivity contribution < 1.29 is 0 Å². The van der Waals surface area contributed by atoms with Gasteiger partial charge >= 0.3 is 0 Å². The highest BCUT2D eigenvalue weighted by molar-refractivity contribution is 5.79. The highest BCUT2D eigenvalue weighted by atomic mass is 14.8. The van der Waals surface area contributed by atoms with Crippen LogP contribution < -0.4 is 0 Å². The van der Waals surface area contributed by atoms with Crippen molar-refractivity contribution >= 4 is 5.71 Å². The SMILES string of the molecule is CCC(C)N=C(C)C. The van der Waals surface area contributed by atoms with Crippen molar-refractivity contribution in [2.75, 3.05) is 0 Å². The molecule has 0 rings (SSSR count). The first-order chi connectivity index (χ1) is 3.66. The van der Waals surface area contributed by atoms with Crippen molar-refractivity contribution in [2.45, 2.75) is 40.2 Å². The quantitative estimate of drug-likeness (QED) is 0.487. The summed E-state index contributed by atoms with van der Waals surface area (Å²) in [6, 6.07) is 0.514. The third-order valence-corrected chi connectivity index (χ3v) is 1.07. The molecule has 1 atom stereocenters. The van der Waals surface area contributed by atoms with Crippen molar-refractivity contribution in [1.82, 2.24) is 0 Å². The van der Waals surface area contributed by atoms with E-state index in [4.69, 9.17) is 0 Å². The number of rotatable bonds is 2. The summed E-state index contributed by atoms with van der Waals surface area (Å²) in [5.41, 5.74) is 1.18. The second-order valence-corrected chi connectivity index (χ2v) is 2.33. The molecule has 1 heteroatoms. The van der Waals surface area contributed by atoms with Crippen LogP contribution in [0.3, 0.4) is 0 Å². The van der Waals surface area contributed by atoms with Crippen LogP contribution in [-0.4, -0.2) is 11.8 Å². The van der Waals surface area contributed by atoms with Gasteiger partial charge in [0.2, 0.25) is 0 Å². The minimum atomic E-state index is 0.514. The van der Waals surface area contributed by atoms with Gasteiger partial charge in [0.25, 0.3) is 0 Å². The lowest BCUT2D eigenvalue weighted by Crippen LogP contribution is -1.97. The summed E-state index contributed by atoms with van der Waals surface area (Å²) in [6.45, 7) is 8.35. The molecule has 0 N–H and O–H groups in total. The molecule has 0 fully saturated rings. The third-order valence-electron chi connectivity index (χ3n) is 1.07. The molecule has 0 spiro atoms. The summed E-state index contributed by atoms with van der Waals surface area (Å²) in [5, 5.41) is 0. The minimum absolute atomic E-state index is 0.514. The van der Waals surface area contributed by atoms with Crippen molar-refractivity contribution in [3.05, 3.63) is 0 Å². The lowest BCUT2D eigenvalue weighted by molar-refractivity contribution is 0.716. The molecule has 8 heavy (non-hydrogen) atoms. The predicted octanol–water partition coefficient (Wildman–Crippen LogP) is 2.27. The number of aliphatic imine (C=N–C) groups is 1. The Hall–Kier alpha value is -0.330. The van der Waals surface area contributed by atoms with Crippen LogP contribution in [0, 0.1) is 0 Å². The molecule has 0 heterocycles. The van der Waals surface area contributed by atoms with Gasteiger partial charge in [-0.2, -0.15) is 0 Å². The second-order valence-electron chi connectivity index (χ2n) is 2.33. The van der Waals surface area contributed by atoms with Gasteiger partial charge in [-0.15, -0.1) is 0 Å². The first-order valence-corrected chi connectivity index (χ1v) is 3.17. The molecule has 1 nitrogen and oxygen atoms in total. The van der Waals surface area contributed by atoms with Crippen LogP contribution in [0.4, 0.5) is 0 Å². The standard InChI is InChI=1S/C7H15N/c1-5-7(4)8-6(2)3/h7H,5H2,1-4H3. The Morgan fingerprint density at radius 2 is 2.00 bits per heavy atom. The number of hydrogen-bond acceptors (Lipinski definition) is 1. The van der Waals surface area contributed by atoms with E-state index < -0.39 is 0 Å². The Balaban J connectivity index is 3.51. The summed E-state index contributed by atoms with van der Waals surface area (Å²) in [7, 11) is 0. The molecule has 0 amide bonds. The zero-order chi connectivity index (χ0) is 6.57. The minimum Gasteiger partial charge on any atom is -0.292 e. The summed E-state index contributed by atoms with van der Waals surface area (Å²) in [6.07, 6.45) is 1.14. The Labute approximate surface area is 51.8 Å². The fourth-order valence-electron chi connectivity index (χ4n) is 0.532. The van der Waals surface area contributed by atoms with Crippen LogP contribution in [0.15, 0.2) is 4.99 Å². The van der Waals surface area contributed by atoms with Gasteiger partial charge in [-0.3, -0.25) is 4.99 Å². The number of hydrogen-bond donors (Lipinski definition) is 0. The third kappa shape index (κ3) is 3.85. The van der Waals surface area contributed by atoms with Crippen LogP contribution >= 0.6 is 0 Å². The van der Waals surface area contributed by atoms with Gasteiger partial charge in [0, 0.05) is 11.8 Å². The maximum absolute atomic E-state index is 4.31. The van der Waals surface area contributed by atoms with Crippen molar-refractivity contribution in [3.8, 4) is 0 Å². The maximum atomic E-state index is 4.31. The predicted molar refractivity (Wildman–Crippen MR) is 38.5 cm³/mol. The van der Waals surface area contributed by atoms with E-state index in [1.165, 1.54) is 5.71 Å². The van der Waals surface area contributed by atoms with E-state index in [0.717, 1.165) is 6.42 Å². The molecule has 0 bridgehead atoms. The summed E-state index contributed by atoms with van der Waals surface area (Å²) in [4.78, 5) is 4.31. The van der Waals surface area contributed by atoms with E-state index in [9.17, 15) is 0 Å². The molecule has 0 aliphatic rings. The highest BCUT2D eigenvalue weighted by Gasteiger charge is 1.90. The molecule has 0 radical (unpaired) electrons. The van der Waals surface area contributed by atoms with E-state index in [1.54, 1.807) is 0 Å².